The molecule has 4 rings (SSSR count). The van der Waals surface area contributed by atoms with Crippen LogP contribution in [0.15, 0.2) is 48.8 Å². The predicted octanol–water partition coefficient (Wildman–Crippen LogP) is 3.06. The summed E-state index contributed by atoms with van der Waals surface area (Å²) in [4.78, 5) is 26.2. The molecule has 1 aromatic carbocycles. The number of hydrogen-bond donors (Lipinski definition) is 0. The number of benzene rings is 1. The fraction of sp³-hybridized carbons (Fsp3) is 0.450. The maximum absolute atomic E-state index is 13.2. The molecule has 1 amide bonds. The molecule has 2 fully saturated rings. The van der Waals surface area contributed by atoms with Crippen molar-refractivity contribution in [2.24, 2.45) is 5.92 Å². The van der Waals surface area contributed by atoms with E-state index in [1.807, 2.05) is 12.1 Å². The molecule has 2 aliphatic rings. The number of nitrogens with zero attached hydrogens (tertiary/aromatic N) is 4. The molecule has 5 heteroatoms. The zero-order valence-electron chi connectivity index (χ0n) is 14.4. The van der Waals surface area contributed by atoms with Crippen LogP contribution in [-0.2, 0) is 4.79 Å². The summed E-state index contributed by atoms with van der Waals surface area (Å²) in [5.41, 5.74) is 1.26. The monoisotopic (exact) mass is 336 g/mol. The first kappa shape index (κ1) is 16.1. The lowest BCUT2D eigenvalue weighted by atomic mass is 9.95. The molecule has 0 saturated carbocycles. The van der Waals surface area contributed by atoms with Gasteiger partial charge in [-0.2, -0.15) is 0 Å². The summed E-state index contributed by atoms with van der Waals surface area (Å²) in [5, 5.41) is 0. The minimum atomic E-state index is 0.0434. The van der Waals surface area contributed by atoms with Crippen molar-refractivity contribution in [1.82, 2.24) is 14.9 Å². The van der Waals surface area contributed by atoms with Crippen LogP contribution in [0.25, 0.3) is 0 Å². The number of carbonyl (C=O) groups is 1. The van der Waals surface area contributed by atoms with Crippen molar-refractivity contribution in [1.29, 1.82) is 0 Å². The van der Waals surface area contributed by atoms with Crippen LogP contribution in [0.1, 0.15) is 37.3 Å². The second-order valence-corrected chi connectivity index (χ2v) is 6.93. The van der Waals surface area contributed by atoms with Gasteiger partial charge in [-0.25, -0.2) is 9.97 Å². The number of likely N-dealkylation sites (tertiary alicyclic amines) is 1. The molecule has 3 heterocycles. The minimum absolute atomic E-state index is 0.0434. The van der Waals surface area contributed by atoms with Crippen molar-refractivity contribution in [3.05, 3.63) is 54.4 Å². The molecule has 5 nitrogen and oxygen atoms in total. The SMILES string of the molecule is O=C([C@H]1CCCN(c2ncccn2)C1)N1CCC[C@@H]1c1ccccc1. The number of hydrogen-bond acceptors (Lipinski definition) is 4. The van der Waals surface area contributed by atoms with Gasteiger partial charge in [-0.05, 0) is 37.3 Å². The van der Waals surface area contributed by atoms with Crippen molar-refractivity contribution in [3.63, 3.8) is 0 Å². The highest BCUT2D eigenvalue weighted by atomic mass is 16.2. The Morgan fingerprint density at radius 1 is 0.960 bits per heavy atom. The summed E-state index contributed by atoms with van der Waals surface area (Å²) < 4.78 is 0. The van der Waals surface area contributed by atoms with E-state index in [9.17, 15) is 4.79 Å². The van der Waals surface area contributed by atoms with Crippen molar-refractivity contribution in [3.8, 4) is 0 Å². The smallest absolute Gasteiger partial charge is 0.227 e. The van der Waals surface area contributed by atoms with E-state index in [4.69, 9.17) is 0 Å². The Morgan fingerprint density at radius 2 is 1.72 bits per heavy atom. The van der Waals surface area contributed by atoms with Gasteiger partial charge in [0, 0.05) is 32.0 Å². The van der Waals surface area contributed by atoms with E-state index in [1.54, 1.807) is 12.4 Å². The number of anilines is 1. The molecule has 2 atom stereocenters. The van der Waals surface area contributed by atoms with Gasteiger partial charge in [-0.15, -0.1) is 0 Å². The van der Waals surface area contributed by atoms with Crippen molar-refractivity contribution in [2.45, 2.75) is 31.7 Å². The van der Waals surface area contributed by atoms with E-state index < -0.39 is 0 Å². The lowest BCUT2D eigenvalue weighted by Crippen LogP contribution is -2.45. The van der Waals surface area contributed by atoms with Crippen molar-refractivity contribution < 1.29 is 4.79 Å². The third-order valence-corrected chi connectivity index (χ3v) is 5.33. The van der Waals surface area contributed by atoms with Gasteiger partial charge in [-0.3, -0.25) is 4.79 Å². The van der Waals surface area contributed by atoms with E-state index in [2.05, 4.69) is 44.0 Å². The topological polar surface area (TPSA) is 49.3 Å². The Hall–Kier alpha value is -2.43. The largest absolute Gasteiger partial charge is 0.340 e. The number of carbonyl (C=O) groups excluding carboxylic acids is 1. The first-order chi connectivity index (χ1) is 12.3. The molecule has 0 radical (unpaired) electrons. The Bertz CT molecular complexity index is 706. The average Bonchev–Trinajstić information content (AvgIpc) is 3.19. The van der Waals surface area contributed by atoms with Gasteiger partial charge in [0.05, 0.1) is 12.0 Å². The highest BCUT2D eigenvalue weighted by Crippen LogP contribution is 2.34. The average molecular weight is 336 g/mol. The highest BCUT2D eigenvalue weighted by molar-refractivity contribution is 5.80. The highest BCUT2D eigenvalue weighted by Gasteiger charge is 2.36. The maximum Gasteiger partial charge on any atom is 0.227 e. The molecular formula is C20H24N4O. The summed E-state index contributed by atoms with van der Waals surface area (Å²) in [5.74, 6) is 1.08. The molecular weight excluding hydrogens is 312 g/mol. The van der Waals surface area contributed by atoms with E-state index in [0.717, 1.165) is 51.3 Å². The van der Waals surface area contributed by atoms with Gasteiger partial charge < -0.3 is 9.80 Å². The first-order valence-electron chi connectivity index (χ1n) is 9.20. The molecule has 2 aromatic rings. The second kappa shape index (κ2) is 7.21. The normalized spacial score (nSPS) is 23.7. The quantitative estimate of drug-likeness (QED) is 0.864. The predicted molar refractivity (Wildman–Crippen MR) is 97.1 cm³/mol. The minimum Gasteiger partial charge on any atom is -0.340 e. The van der Waals surface area contributed by atoms with E-state index in [-0.39, 0.29) is 12.0 Å². The zero-order chi connectivity index (χ0) is 17.1. The molecule has 130 valence electrons. The van der Waals surface area contributed by atoms with Gasteiger partial charge in [0.25, 0.3) is 0 Å². The molecule has 0 aliphatic carbocycles. The number of piperidine rings is 1. The van der Waals surface area contributed by atoms with Gasteiger partial charge in [-0.1, -0.05) is 30.3 Å². The Labute approximate surface area is 148 Å². The van der Waals surface area contributed by atoms with Crippen LogP contribution < -0.4 is 4.90 Å². The van der Waals surface area contributed by atoms with E-state index >= 15 is 0 Å². The molecule has 0 spiro atoms. The van der Waals surface area contributed by atoms with Crippen LogP contribution in [0.2, 0.25) is 0 Å². The van der Waals surface area contributed by atoms with E-state index in [1.165, 1.54) is 5.56 Å². The molecule has 1 aromatic heterocycles. The van der Waals surface area contributed by atoms with Crippen LogP contribution in [-0.4, -0.2) is 40.4 Å². The maximum atomic E-state index is 13.2. The Balaban J connectivity index is 1.48. The third-order valence-electron chi connectivity index (χ3n) is 5.33. The van der Waals surface area contributed by atoms with Gasteiger partial charge in [0.2, 0.25) is 11.9 Å². The van der Waals surface area contributed by atoms with Gasteiger partial charge >= 0.3 is 0 Å². The number of rotatable bonds is 3. The van der Waals surface area contributed by atoms with Crippen LogP contribution in [0.5, 0.6) is 0 Å². The standard InChI is InChI=1S/C20H24N4O/c25-19(24-14-5-10-18(24)16-7-2-1-3-8-16)17-9-4-13-23(15-17)20-21-11-6-12-22-20/h1-3,6-8,11-12,17-18H,4-5,9-10,13-15H2/t17-,18+/m0/s1. The zero-order valence-corrected chi connectivity index (χ0v) is 14.4. The summed E-state index contributed by atoms with van der Waals surface area (Å²) >= 11 is 0. The first-order valence-corrected chi connectivity index (χ1v) is 9.20. The van der Waals surface area contributed by atoms with Gasteiger partial charge in [0.15, 0.2) is 0 Å². The van der Waals surface area contributed by atoms with Crippen LogP contribution in [0, 0.1) is 5.92 Å². The summed E-state index contributed by atoms with van der Waals surface area (Å²) in [7, 11) is 0. The lowest BCUT2D eigenvalue weighted by Gasteiger charge is -2.35. The Morgan fingerprint density at radius 3 is 2.52 bits per heavy atom. The Kier molecular flexibility index (Phi) is 4.63. The van der Waals surface area contributed by atoms with Crippen LogP contribution in [0.4, 0.5) is 5.95 Å². The molecule has 2 aliphatic heterocycles. The third kappa shape index (κ3) is 3.36. The molecule has 25 heavy (non-hydrogen) atoms. The van der Waals surface area contributed by atoms with Crippen LogP contribution >= 0.6 is 0 Å². The van der Waals surface area contributed by atoms with Crippen molar-refractivity contribution in [2.75, 3.05) is 24.5 Å². The summed E-state index contributed by atoms with van der Waals surface area (Å²) in [6, 6.07) is 12.5. The number of aromatic nitrogens is 2. The number of amides is 1. The fourth-order valence-electron chi connectivity index (χ4n) is 4.10. The van der Waals surface area contributed by atoms with E-state index in [0.29, 0.717) is 5.91 Å². The lowest BCUT2D eigenvalue weighted by molar-refractivity contribution is -0.136. The molecule has 0 N–H and O–H groups in total. The fourth-order valence-corrected chi connectivity index (χ4v) is 4.10. The molecule has 0 bridgehead atoms. The second-order valence-electron chi connectivity index (χ2n) is 6.93. The molecule has 0 unspecified atom stereocenters. The van der Waals surface area contributed by atoms with Crippen molar-refractivity contribution >= 4 is 11.9 Å². The van der Waals surface area contributed by atoms with Gasteiger partial charge in [0.1, 0.15) is 0 Å². The molecule has 2 saturated heterocycles. The summed E-state index contributed by atoms with van der Waals surface area (Å²) in [6.07, 6.45) is 7.65. The summed E-state index contributed by atoms with van der Waals surface area (Å²) in [6.45, 7) is 2.52. The van der Waals surface area contributed by atoms with Crippen LogP contribution in [0.3, 0.4) is 0 Å².